The molecule has 3 aliphatic heterocycles. The molecule has 7 heteroatoms. The van der Waals surface area contributed by atoms with Crippen molar-refractivity contribution in [3.05, 3.63) is 82.7 Å². The molecule has 4 aromatic rings. The van der Waals surface area contributed by atoms with Crippen molar-refractivity contribution in [2.24, 2.45) is 0 Å². The van der Waals surface area contributed by atoms with Gasteiger partial charge in [-0.3, -0.25) is 9.59 Å². The third-order valence-corrected chi connectivity index (χ3v) is 9.18. The lowest BCUT2D eigenvalue weighted by molar-refractivity contribution is -0.143. The molecule has 38 heavy (non-hydrogen) atoms. The highest BCUT2D eigenvalue weighted by molar-refractivity contribution is 5.97. The van der Waals surface area contributed by atoms with Gasteiger partial charge in [-0.05, 0) is 72.2 Å². The number of carboxylic acids is 1. The summed E-state index contributed by atoms with van der Waals surface area (Å²) in [5.74, 6) is 1.32. The van der Waals surface area contributed by atoms with Gasteiger partial charge in [0.1, 0.15) is 23.6 Å². The van der Waals surface area contributed by atoms with E-state index in [0.29, 0.717) is 17.2 Å². The Labute approximate surface area is 219 Å². The molecular weight excluding hydrogens is 478 g/mol. The van der Waals surface area contributed by atoms with E-state index in [1.807, 2.05) is 48.3 Å². The average Bonchev–Trinajstić information content (AvgIpc) is 3.52. The first-order chi connectivity index (χ1) is 18.3. The molecule has 1 saturated carbocycles. The molecule has 1 fully saturated rings. The maximum absolute atomic E-state index is 13.5. The maximum Gasteiger partial charge on any atom is 0.317 e. The van der Waals surface area contributed by atoms with Crippen molar-refractivity contribution >= 4 is 22.9 Å². The summed E-state index contributed by atoms with van der Waals surface area (Å²) < 4.78 is 8.18. The predicted octanol–water partition coefficient (Wildman–Crippen LogP) is 5.44. The number of carbonyl (C=O) groups is 2. The largest absolute Gasteiger partial charge is 0.492 e. The summed E-state index contributed by atoms with van der Waals surface area (Å²) in [5.41, 5.74) is 6.97. The summed E-state index contributed by atoms with van der Waals surface area (Å²) in [6.45, 7) is 1.84. The predicted molar refractivity (Wildman–Crippen MR) is 142 cm³/mol. The Kier molecular flexibility index (Phi) is 4.18. The summed E-state index contributed by atoms with van der Waals surface area (Å²) in [7, 11) is 1.90. The zero-order valence-corrected chi connectivity index (χ0v) is 21.3. The minimum absolute atomic E-state index is 0.0649. The molecule has 3 atom stereocenters. The molecule has 1 N–H and O–H groups in total. The number of hydrogen-bond acceptors (Lipinski definition) is 4. The van der Waals surface area contributed by atoms with Gasteiger partial charge in [-0.2, -0.15) is 0 Å². The number of rotatable bonds is 3. The number of carbonyl (C=O) groups excluding carboxylic acids is 1. The monoisotopic (exact) mass is 505 g/mol. The number of benzene rings is 3. The van der Waals surface area contributed by atoms with E-state index in [-0.39, 0.29) is 24.6 Å². The highest BCUT2D eigenvalue weighted by Gasteiger charge is 2.46. The van der Waals surface area contributed by atoms with E-state index in [1.54, 1.807) is 6.92 Å². The number of aliphatic carboxylic acids is 1. The second kappa shape index (κ2) is 7.25. The molecule has 0 spiro atoms. The van der Waals surface area contributed by atoms with Crippen LogP contribution >= 0.6 is 0 Å². The zero-order chi connectivity index (χ0) is 25.9. The fourth-order valence-corrected chi connectivity index (χ4v) is 6.83. The van der Waals surface area contributed by atoms with Crippen LogP contribution in [0.25, 0.3) is 22.2 Å². The SMILES string of the molecule is CN1C(=O)c2cccc(C3CC3)c2[C@H]2C[C@@H]1c1nc3ccc(-c4ccc5c(c4)OCC5(C)C(=O)O)cc3n12. The van der Waals surface area contributed by atoms with Crippen LogP contribution in [-0.2, 0) is 10.2 Å². The van der Waals surface area contributed by atoms with E-state index in [1.165, 1.54) is 24.0 Å². The van der Waals surface area contributed by atoms with Crippen LogP contribution in [0.1, 0.15) is 77.1 Å². The van der Waals surface area contributed by atoms with E-state index in [2.05, 4.69) is 22.8 Å². The molecule has 2 bridgehead atoms. The summed E-state index contributed by atoms with van der Waals surface area (Å²) in [6, 6.07) is 18.3. The van der Waals surface area contributed by atoms with E-state index < -0.39 is 11.4 Å². The van der Waals surface area contributed by atoms with E-state index in [4.69, 9.17) is 9.72 Å². The second-order valence-electron chi connectivity index (χ2n) is 11.4. The Morgan fingerprint density at radius 3 is 2.66 bits per heavy atom. The van der Waals surface area contributed by atoms with Gasteiger partial charge in [-0.1, -0.05) is 30.3 Å². The molecule has 0 saturated heterocycles. The molecule has 1 amide bonds. The molecule has 7 nitrogen and oxygen atoms in total. The Morgan fingerprint density at radius 2 is 1.87 bits per heavy atom. The third-order valence-electron chi connectivity index (χ3n) is 9.18. The minimum Gasteiger partial charge on any atom is -0.492 e. The van der Waals surface area contributed by atoms with Crippen LogP contribution in [0.3, 0.4) is 0 Å². The lowest BCUT2D eigenvalue weighted by Gasteiger charge is -2.25. The van der Waals surface area contributed by atoms with Gasteiger partial charge in [0, 0.05) is 24.6 Å². The van der Waals surface area contributed by atoms with Crippen molar-refractivity contribution in [3.8, 4) is 16.9 Å². The van der Waals surface area contributed by atoms with Crippen LogP contribution in [0, 0.1) is 0 Å². The van der Waals surface area contributed by atoms with Crippen LogP contribution in [-0.4, -0.2) is 45.1 Å². The Hall–Kier alpha value is -4.13. The number of aromatic nitrogens is 2. The number of fused-ring (bicyclic) bond motifs is 10. The van der Waals surface area contributed by atoms with Crippen LogP contribution in [0.15, 0.2) is 54.6 Å². The first kappa shape index (κ1) is 21.9. The van der Waals surface area contributed by atoms with Gasteiger partial charge in [0.2, 0.25) is 0 Å². The quantitative estimate of drug-likeness (QED) is 0.401. The molecule has 1 aromatic heterocycles. The van der Waals surface area contributed by atoms with Crippen LogP contribution < -0.4 is 4.74 Å². The maximum atomic E-state index is 13.5. The topological polar surface area (TPSA) is 84.7 Å². The summed E-state index contributed by atoms with van der Waals surface area (Å²) in [4.78, 5) is 32.3. The van der Waals surface area contributed by atoms with Gasteiger partial charge in [-0.25, -0.2) is 4.98 Å². The summed E-state index contributed by atoms with van der Waals surface area (Å²) >= 11 is 0. The normalized spacial score (nSPS) is 25.1. The molecule has 3 aromatic carbocycles. The third kappa shape index (κ3) is 2.76. The summed E-state index contributed by atoms with van der Waals surface area (Å²) in [5, 5.41) is 9.73. The van der Waals surface area contributed by atoms with Crippen molar-refractivity contribution in [1.29, 1.82) is 0 Å². The summed E-state index contributed by atoms with van der Waals surface area (Å²) in [6.07, 6.45) is 3.20. The first-order valence-corrected chi connectivity index (χ1v) is 13.3. The minimum atomic E-state index is -1.03. The van der Waals surface area contributed by atoms with Gasteiger partial charge in [0.05, 0.1) is 23.1 Å². The molecule has 4 heterocycles. The highest BCUT2D eigenvalue weighted by atomic mass is 16.5. The number of ether oxygens (including phenoxy) is 1. The Bertz CT molecular complexity index is 1720. The number of amides is 1. The molecule has 4 aliphatic rings. The van der Waals surface area contributed by atoms with Gasteiger partial charge in [0.15, 0.2) is 0 Å². The van der Waals surface area contributed by atoms with E-state index in [0.717, 1.165) is 40.0 Å². The van der Waals surface area contributed by atoms with E-state index in [9.17, 15) is 14.7 Å². The number of imidazole rings is 1. The average molecular weight is 506 g/mol. The zero-order valence-electron chi connectivity index (χ0n) is 21.3. The van der Waals surface area contributed by atoms with E-state index >= 15 is 0 Å². The van der Waals surface area contributed by atoms with Crippen LogP contribution in [0.5, 0.6) is 5.75 Å². The number of nitrogens with zero attached hydrogens (tertiary/aromatic N) is 3. The number of hydrogen-bond donors (Lipinski definition) is 1. The number of carboxylic acid groups (broad SMARTS) is 1. The fourth-order valence-electron chi connectivity index (χ4n) is 6.83. The molecular formula is C31H27N3O4. The smallest absolute Gasteiger partial charge is 0.317 e. The Morgan fingerprint density at radius 1 is 1.08 bits per heavy atom. The van der Waals surface area contributed by atoms with Gasteiger partial charge in [-0.15, -0.1) is 0 Å². The van der Waals surface area contributed by atoms with Gasteiger partial charge >= 0.3 is 5.97 Å². The van der Waals surface area contributed by atoms with Crippen LogP contribution in [0.4, 0.5) is 0 Å². The fraction of sp³-hybridized carbons (Fsp3) is 0.323. The van der Waals surface area contributed by atoms with Crippen molar-refractivity contribution in [2.45, 2.75) is 49.6 Å². The lowest BCUT2D eigenvalue weighted by Crippen LogP contribution is -2.33. The standard InChI is InChI=1S/C31H27N3O4/c1-31(30(36)37)15-38-26-13-18(8-10-21(26)31)17-9-11-22-23(12-17)34-24-14-25(28(34)32-22)33(2)29(35)20-5-3-4-19(27(20)24)16-6-7-16/h3-5,8-13,16,24-25H,6-7,14-15H2,1-2H3,(H,36,37)/t24-,25-,31?/m1/s1. The van der Waals surface area contributed by atoms with Gasteiger partial charge < -0.3 is 19.3 Å². The first-order valence-electron chi connectivity index (χ1n) is 13.3. The Balaban J connectivity index is 1.29. The highest BCUT2D eigenvalue weighted by Crippen LogP contribution is 2.52. The second-order valence-corrected chi connectivity index (χ2v) is 11.4. The van der Waals surface area contributed by atoms with Crippen molar-refractivity contribution in [3.63, 3.8) is 0 Å². The van der Waals surface area contributed by atoms with Crippen molar-refractivity contribution < 1.29 is 19.4 Å². The lowest BCUT2D eigenvalue weighted by atomic mass is 9.84. The van der Waals surface area contributed by atoms with Crippen LogP contribution in [0.2, 0.25) is 0 Å². The molecule has 1 unspecified atom stereocenters. The van der Waals surface area contributed by atoms with Crippen molar-refractivity contribution in [2.75, 3.05) is 13.7 Å². The molecule has 190 valence electrons. The molecule has 1 aliphatic carbocycles. The van der Waals surface area contributed by atoms with Crippen molar-refractivity contribution in [1.82, 2.24) is 14.5 Å². The van der Waals surface area contributed by atoms with Gasteiger partial charge in [0.25, 0.3) is 5.91 Å². The molecule has 0 radical (unpaired) electrons. The molecule has 8 rings (SSSR count).